The Morgan fingerprint density at radius 2 is 2.00 bits per heavy atom. The molecule has 0 aromatic heterocycles. The van der Waals surface area contributed by atoms with Gasteiger partial charge in [0.15, 0.2) is 0 Å². The maximum atomic E-state index is 11.6. The lowest BCUT2D eigenvalue weighted by molar-refractivity contribution is -0.142. The molecule has 0 aliphatic rings. The molecule has 0 saturated carbocycles. The third kappa shape index (κ3) is 6.71. The van der Waals surface area contributed by atoms with E-state index >= 15 is 0 Å². The second-order valence-electron chi connectivity index (χ2n) is 3.57. The van der Waals surface area contributed by atoms with Crippen LogP contribution in [-0.2, 0) is 14.3 Å². The number of rotatable bonds is 8. The van der Waals surface area contributed by atoms with E-state index in [0.29, 0.717) is 6.61 Å². The van der Waals surface area contributed by atoms with Crippen LogP contribution in [-0.4, -0.2) is 34.2 Å². The summed E-state index contributed by atoms with van der Waals surface area (Å²) in [6.45, 7) is 5.95. The van der Waals surface area contributed by atoms with Gasteiger partial charge in [-0.05, 0) is 13.3 Å². The summed E-state index contributed by atoms with van der Waals surface area (Å²) in [7, 11) is 0. The molecule has 0 spiro atoms. The topological polar surface area (TPSA) is 63.6 Å². The second-order valence-corrected chi connectivity index (χ2v) is 5.22. The molecule has 94 valence electrons. The molecule has 0 rings (SSSR count). The maximum Gasteiger partial charge on any atom is 0.319 e. The van der Waals surface area contributed by atoms with Gasteiger partial charge in [0.25, 0.3) is 0 Å². The first-order valence-electron chi connectivity index (χ1n) is 5.55. The molecule has 0 aliphatic carbocycles. The van der Waals surface area contributed by atoms with Gasteiger partial charge in [-0.25, -0.2) is 0 Å². The Labute approximate surface area is 101 Å². The van der Waals surface area contributed by atoms with Crippen LogP contribution in [0.3, 0.4) is 0 Å². The SMILES string of the molecule is CCCC(SC(C)CC(=O)O)C(=O)OCC. The van der Waals surface area contributed by atoms with Crippen LogP contribution in [0.25, 0.3) is 0 Å². The smallest absolute Gasteiger partial charge is 0.319 e. The Balaban J connectivity index is 4.20. The Kier molecular flexibility index (Phi) is 8.07. The molecule has 0 radical (unpaired) electrons. The van der Waals surface area contributed by atoms with Crippen molar-refractivity contribution in [3.05, 3.63) is 0 Å². The van der Waals surface area contributed by atoms with E-state index in [1.54, 1.807) is 6.92 Å². The van der Waals surface area contributed by atoms with Crippen molar-refractivity contribution in [2.75, 3.05) is 6.61 Å². The van der Waals surface area contributed by atoms with E-state index in [2.05, 4.69) is 0 Å². The Morgan fingerprint density at radius 1 is 1.38 bits per heavy atom. The van der Waals surface area contributed by atoms with Crippen molar-refractivity contribution < 1.29 is 19.4 Å². The van der Waals surface area contributed by atoms with Crippen molar-refractivity contribution in [3.8, 4) is 0 Å². The van der Waals surface area contributed by atoms with E-state index in [4.69, 9.17) is 9.84 Å². The van der Waals surface area contributed by atoms with Crippen LogP contribution in [0, 0.1) is 0 Å². The summed E-state index contributed by atoms with van der Waals surface area (Å²) < 4.78 is 4.96. The lowest BCUT2D eigenvalue weighted by atomic mass is 10.2. The predicted octanol–water partition coefficient (Wildman–Crippen LogP) is 2.31. The molecule has 2 unspecified atom stereocenters. The van der Waals surface area contributed by atoms with E-state index in [-0.39, 0.29) is 22.9 Å². The zero-order chi connectivity index (χ0) is 12.6. The normalized spacial score (nSPS) is 14.2. The highest BCUT2D eigenvalue weighted by Crippen LogP contribution is 2.25. The van der Waals surface area contributed by atoms with Gasteiger partial charge >= 0.3 is 11.9 Å². The van der Waals surface area contributed by atoms with E-state index in [0.717, 1.165) is 12.8 Å². The highest BCUT2D eigenvalue weighted by atomic mass is 32.2. The summed E-state index contributed by atoms with van der Waals surface area (Å²) in [4.78, 5) is 22.1. The van der Waals surface area contributed by atoms with Crippen molar-refractivity contribution in [2.45, 2.75) is 50.5 Å². The fraction of sp³-hybridized carbons (Fsp3) is 0.818. The van der Waals surface area contributed by atoms with Crippen molar-refractivity contribution in [2.24, 2.45) is 0 Å². The number of carbonyl (C=O) groups excluding carboxylic acids is 1. The Morgan fingerprint density at radius 3 is 2.44 bits per heavy atom. The predicted molar refractivity (Wildman–Crippen MR) is 64.6 cm³/mol. The minimum absolute atomic E-state index is 0.0709. The quantitative estimate of drug-likeness (QED) is 0.668. The first-order chi connectivity index (χ1) is 7.51. The Hall–Kier alpha value is -0.710. The van der Waals surface area contributed by atoms with Gasteiger partial charge in [-0.1, -0.05) is 20.3 Å². The summed E-state index contributed by atoms with van der Waals surface area (Å²) in [5, 5.41) is 8.33. The molecule has 0 aromatic carbocycles. The van der Waals surface area contributed by atoms with Gasteiger partial charge in [0.05, 0.1) is 13.0 Å². The second kappa shape index (κ2) is 8.44. The zero-order valence-electron chi connectivity index (χ0n) is 10.1. The van der Waals surface area contributed by atoms with Crippen LogP contribution in [0.15, 0.2) is 0 Å². The molecule has 4 nitrogen and oxygen atoms in total. The van der Waals surface area contributed by atoms with Crippen LogP contribution in [0.1, 0.15) is 40.0 Å². The number of carbonyl (C=O) groups is 2. The number of hydrogen-bond acceptors (Lipinski definition) is 4. The lowest BCUT2D eigenvalue weighted by Gasteiger charge is -2.17. The number of hydrogen-bond donors (Lipinski definition) is 1. The van der Waals surface area contributed by atoms with Crippen molar-refractivity contribution in [1.82, 2.24) is 0 Å². The lowest BCUT2D eigenvalue weighted by Crippen LogP contribution is -2.23. The third-order valence-electron chi connectivity index (χ3n) is 1.96. The largest absolute Gasteiger partial charge is 0.481 e. The first-order valence-corrected chi connectivity index (χ1v) is 6.49. The molecule has 0 bridgehead atoms. The number of ether oxygens (including phenoxy) is 1. The summed E-state index contributed by atoms with van der Waals surface area (Å²) in [5.74, 6) is -1.06. The molecule has 1 N–H and O–H groups in total. The van der Waals surface area contributed by atoms with Gasteiger partial charge in [0.1, 0.15) is 5.25 Å². The van der Waals surface area contributed by atoms with Gasteiger partial charge in [-0.3, -0.25) is 9.59 Å². The van der Waals surface area contributed by atoms with Gasteiger partial charge < -0.3 is 9.84 Å². The Bertz CT molecular complexity index is 230. The van der Waals surface area contributed by atoms with Crippen LogP contribution < -0.4 is 0 Å². The summed E-state index contributed by atoms with van der Waals surface area (Å²) in [5.41, 5.74) is 0. The highest BCUT2D eigenvalue weighted by molar-refractivity contribution is 8.01. The summed E-state index contributed by atoms with van der Waals surface area (Å²) >= 11 is 1.39. The van der Waals surface area contributed by atoms with Gasteiger partial charge in [-0.2, -0.15) is 0 Å². The molecule has 0 aromatic rings. The van der Waals surface area contributed by atoms with Crippen LogP contribution in [0.5, 0.6) is 0 Å². The molecule has 2 atom stereocenters. The fourth-order valence-electron chi connectivity index (χ4n) is 1.31. The number of thioether (sulfide) groups is 1. The van der Waals surface area contributed by atoms with Gasteiger partial charge in [-0.15, -0.1) is 11.8 Å². The van der Waals surface area contributed by atoms with Crippen molar-refractivity contribution in [1.29, 1.82) is 0 Å². The van der Waals surface area contributed by atoms with E-state index < -0.39 is 5.97 Å². The average molecular weight is 248 g/mol. The van der Waals surface area contributed by atoms with Crippen LogP contribution in [0.4, 0.5) is 0 Å². The molecule has 0 amide bonds. The monoisotopic (exact) mass is 248 g/mol. The van der Waals surface area contributed by atoms with Crippen molar-refractivity contribution >= 4 is 23.7 Å². The fourth-order valence-corrected chi connectivity index (χ4v) is 2.66. The van der Waals surface area contributed by atoms with Crippen LogP contribution >= 0.6 is 11.8 Å². The number of esters is 1. The zero-order valence-corrected chi connectivity index (χ0v) is 10.9. The van der Waals surface area contributed by atoms with Gasteiger partial charge in [0.2, 0.25) is 0 Å². The van der Waals surface area contributed by atoms with E-state index in [9.17, 15) is 9.59 Å². The highest BCUT2D eigenvalue weighted by Gasteiger charge is 2.23. The third-order valence-corrected chi connectivity index (χ3v) is 3.35. The minimum atomic E-state index is -0.834. The molecule has 5 heteroatoms. The summed E-state index contributed by atoms with van der Waals surface area (Å²) in [6, 6.07) is 0. The molecular weight excluding hydrogens is 228 g/mol. The molecule has 0 aliphatic heterocycles. The minimum Gasteiger partial charge on any atom is -0.481 e. The van der Waals surface area contributed by atoms with E-state index in [1.807, 2.05) is 13.8 Å². The van der Waals surface area contributed by atoms with Crippen molar-refractivity contribution in [3.63, 3.8) is 0 Å². The molecule has 0 saturated heterocycles. The molecule has 16 heavy (non-hydrogen) atoms. The standard InChI is InChI=1S/C11H20O4S/c1-4-6-9(11(14)15-5-2)16-8(3)7-10(12)13/h8-9H,4-7H2,1-3H3,(H,12,13). The number of carboxylic acids is 1. The van der Waals surface area contributed by atoms with E-state index in [1.165, 1.54) is 11.8 Å². The first kappa shape index (κ1) is 15.3. The van der Waals surface area contributed by atoms with Gasteiger partial charge in [0, 0.05) is 5.25 Å². The number of aliphatic carboxylic acids is 1. The van der Waals surface area contributed by atoms with Crippen LogP contribution in [0.2, 0.25) is 0 Å². The number of carboxylic acid groups (broad SMARTS) is 1. The molecule has 0 heterocycles. The maximum absolute atomic E-state index is 11.6. The summed E-state index contributed by atoms with van der Waals surface area (Å²) in [6.07, 6.45) is 1.69. The molecule has 0 fully saturated rings. The average Bonchev–Trinajstić information content (AvgIpc) is 2.16. The molecular formula is C11H20O4S.